The van der Waals surface area contributed by atoms with Crippen molar-refractivity contribution in [3.8, 4) is 23.8 Å². The van der Waals surface area contributed by atoms with E-state index in [1.165, 1.54) is 19.2 Å². The van der Waals surface area contributed by atoms with E-state index in [2.05, 4.69) is 17.2 Å². The van der Waals surface area contributed by atoms with Gasteiger partial charge >= 0.3 is 5.97 Å². The summed E-state index contributed by atoms with van der Waals surface area (Å²) in [4.78, 5) is 38.3. The molecule has 34 heavy (non-hydrogen) atoms. The quantitative estimate of drug-likeness (QED) is 0.213. The Kier molecular flexibility index (Phi) is 8.22. The number of carbonyl (C=O) groups excluding carboxylic acids is 3. The predicted octanol–water partition coefficient (Wildman–Crippen LogP) is 4.44. The van der Waals surface area contributed by atoms with E-state index in [4.69, 9.17) is 20.3 Å². The van der Waals surface area contributed by atoms with E-state index in [-0.39, 0.29) is 29.6 Å². The number of methoxy groups -OCH3 is 1. The highest BCUT2D eigenvalue weighted by molar-refractivity contribution is 8.18. The maximum atomic E-state index is 12.9. The first kappa shape index (κ1) is 24.7. The number of furan rings is 1. The summed E-state index contributed by atoms with van der Waals surface area (Å²) in [6.45, 7) is 5.99. The fourth-order valence-corrected chi connectivity index (χ4v) is 4.07. The topological polar surface area (TPSA) is 95.3 Å². The lowest BCUT2D eigenvalue weighted by Crippen LogP contribution is -2.27. The number of thioether (sulfide) groups is 1. The first-order chi connectivity index (χ1) is 16.4. The van der Waals surface area contributed by atoms with E-state index in [9.17, 15) is 14.4 Å². The van der Waals surface area contributed by atoms with Gasteiger partial charge in [-0.3, -0.25) is 14.5 Å². The Morgan fingerprint density at radius 1 is 1.29 bits per heavy atom. The molecule has 1 aliphatic heterocycles. The van der Waals surface area contributed by atoms with Crippen LogP contribution >= 0.6 is 11.8 Å². The Bertz CT molecular complexity index is 1190. The molecular weight excluding hydrogens is 458 g/mol. The summed E-state index contributed by atoms with van der Waals surface area (Å²) in [6, 6.07) is 6.50. The lowest BCUT2D eigenvalue weighted by molar-refractivity contribution is -0.123. The minimum Gasteiger partial charge on any atom is -0.490 e. The summed E-state index contributed by atoms with van der Waals surface area (Å²) >= 11 is 0.816. The molecule has 2 heterocycles. The molecule has 3 rings (SSSR count). The van der Waals surface area contributed by atoms with Gasteiger partial charge in [-0.2, -0.15) is 0 Å². The Morgan fingerprint density at radius 2 is 2.09 bits per heavy atom. The number of hydrogen-bond acceptors (Lipinski definition) is 8. The average Bonchev–Trinajstić information content (AvgIpc) is 3.39. The zero-order valence-corrected chi connectivity index (χ0v) is 19.6. The van der Waals surface area contributed by atoms with E-state index in [1.807, 2.05) is 13.0 Å². The molecule has 0 bridgehead atoms. The molecule has 0 atom stereocenters. The fraction of sp³-hybridized carbons (Fsp3) is 0.240. The van der Waals surface area contributed by atoms with Gasteiger partial charge in [0.2, 0.25) is 5.76 Å². The second kappa shape index (κ2) is 11.3. The van der Waals surface area contributed by atoms with Gasteiger partial charge in [-0.25, -0.2) is 4.79 Å². The molecule has 0 N–H and O–H groups in total. The van der Waals surface area contributed by atoms with Crippen LogP contribution in [0, 0.1) is 12.3 Å². The Labute approximate surface area is 201 Å². The van der Waals surface area contributed by atoms with Crippen molar-refractivity contribution in [2.24, 2.45) is 0 Å². The van der Waals surface area contributed by atoms with Crippen LogP contribution in [0.5, 0.6) is 11.5 Å². The highest BCUT2D eigenvalue weighted by atomic mass is 32.2. The lowest BCUT2D eigenvalue weighted by Gasteiger charge is -2.15. The van der Waals surface area contributed by atoms with Gasteiger partial charge in [0, 0.05) is 5.56 Å². The number of nitrogens with zero attached hydrogens (tertiary/aromatic N) is 1. The number of esters is 1. The van der Waals surface area contributed by atoms with Crippen LogP contribution in [0.1, 0.15) is 34.4 Å². The third-order valence-electron chi connectivity index (χ3n) is 4.65. The number of hydrogen-bond donors (Lipinski definition) is 0. The van der Waals surface area contributed by atoms with Gasteiger partial charge in [-0.15, -0.1) is 13.0 Å². The maximum absolute atomic E-state index is 12.9. The zero-order valence-electron chi connectivity index (χ0n) is 18.8. The van der Waals surface area contributed by atoms with Crippen molar-refractivity contribution >= 4 is 35.0 Å². The number of carbonyl (C=O) groups is 3. The molecule has 0 aliphatic carbocycles. The smallest absolute Gasteiger partial charge is 0.373 e. The summed E-state index contributed by atoms with van der Waals surface area (Å²) < 4.78 is 21.4. The van der Waals surface area contributed by atoms with Crippen LogP contribution in [0.4, 0.5) is 4.79 Å². The first-order valence-corrected chi connectivity index (χ1v) is 11.1. The minimum absolute atomic E-state index is 0.00893. The number of amides is 2. The number of ether oxygens (including phenoxy) is 3. The first-order valence-electron chi connectivity index (χ1n) is 10.3. The second-order valence-electron chi connectivity index (χ2n) is 6.95. The summed E-state index contributed by atoms with van der Waals surface area (Å²) in [7, 11) is 1.23. The number of rotatable bonds is 10. The lowest BCUT2D eigenvalue weighted by atomic mass is 10.0. The monoisotopic (exact) mass is 481 g/mol. The molecule has 1 aliphatic rings. The molecule has 1 saturated heterocycles. The van der Waals surface area contributed by atoms with Gasteiger partial charge in [0.05, 0.1) is 25.2 Å². The van der Waals surface area contributed by atoms with Crippen molar-refractivity contribution in [1.82, 2.24) is 4.90 Å². The number of terminal acetylenes is 1. The van der Waals surface area contributed by atoms with Crippen LogP contribution in [0.25, 0.3) is 6.08 Å². The van der Waals surface area contributed by atoms with Crippen molar-refractivity contribution in [3.05, 3.63) is 64.5 Å². The molecule has 2 amide bonds. The van der Waals surface area contributed by atoms with E-state index in [0.717, 1.165) is 22.2 Å². The Balaban J connectivity index is 1.88. The molecule has 2 aromatic rings. The molecule has 0 unspecified atom stereocenters. The van der Waals surface area contributed by atoms with E-state index < -0.39 is 17.1 Å². The summed E-state index contributed by atoms with van der Waals surface area (Å²) in [5.41, 5.74) is 1.44. The molecule has 176 valence electrons. The third-order valence-corrected chi connectivity index (χ3v) is 5.56. The number of benzene rings is 1. The molecule has 0 spiro atoms. The van der Waals surface area contributed by atoms with Crippen molar-refractivity contribution < 1.29 is 33.0 Å². The van der Waals surface area contributed by atoms with E-state index >= 15 is 0 Å². The Hall–Kier alpha value is -3.90. The van der Waals surface area contributed by atoms with Gasteiger partial charge in [0.15, 0.2) is 11.5 Å². The highest BCUT2D eigenvalue weighted by Crippen LogP contribution is 2.37. The molecule has 9 heteroatoms. The van der Waals surface area contributed by atoms with Crippen molar-refractivity contribution in [2.45, 2.75) is 19.9 Å². The van der Waals surface area contributed by atoms with E-state index in [0.29, 0.717) is 30.1 Å². The van der Waals surface area contributed by atoms with Crippen LogP contribution in [0.2, 0.25) is 0 Å². The van der Waals surface area contributed by atoms with Crippen LogP contribution in [-0.4, -0.2) is 42.3 Å². The molecule has 1 aromatic heterocycles. The number of allylic oxidation sites excluding steroid dienone is 1. The van der Waals surface area contributed by atoms with Gasteiger partial charge in [-0.1, -0.05) is 12.0 Å². The van der Waals surface area contributed by atoms with Gasteiger partial charge in [-0.05, 0) is 61.0 Å². The zero-order chi connectivity index (χ0) is 24.7. The average molecular weight is 482 g/mol. The second-order valence-corrected chi connectivity index (χ2v) is 7.94. The predicted molar refractivity (Wildman–Crippen MR) is 127 cm³/mol. The molecule has 8 nitrogen and oxygen atoms in total. The SMILES string of the molecule is C#CCOc1c(CC=C)cc(/C=C2/SC(=O)N(Cc3ccc(C(=O)OC)o3)C2=O)cc1OCC. The number of imide groups is 1. The summed E-state index contributed by atoms with van der Waals surface area (Å²) in [5.74, 6) is 2.59. The standard InChI is InChI=1S/C25H23NO7S/c1-5-8-17-12-16(13-20(31-7-3)22(17)32-11-6-2)14-21-23(27)26(25(29)34-21)15-18-9-10-19(33-18)24(28)30-4/h2,5,9-10,12-14H,1,7-8,11,15H2,3-4H3/b21-14+. The summed E-state index contributed by atoms with van der Waals surface area (Å²) in [6.07, 6.45) is 9.16. The molecule has 0 saturated carbocycles. The maximum Gasteiger partial charge on any atom is 0.373 e. The highest BCUT2D eigenvalue weighted by Gasteiger charge is 2.36. The van der Waals surface area contributed by atoms with Crippen LogP contribution < -0.4 is 9.47 Å². The van der Waals surface area contributed by atoms with Crippen LogP contribution in [0.3, 0.4) is 0 Å². The summed E-state index contributed by atoms with van der Waals surface area (Å²) in [5, 5.41) is -0.447. The van der Waals surface area contributed by atoms with Gasteiger partial charge in [0.25, 0.3) is 11.1 Å². The fourth-order valence-electron chi connectivity index (χ4n) is 3.23. The van der Waals surface area contributed by atoms with Gasteiger partial charge < -0.3 is 18.6 Å². The molecule has 1 aromatic carbocycles. The minimum atomic E-state index is -0.643. The third kappa shape index (κ3) is 5.53. The van der Waals surface area contributed by atoms with Crippen molar-refractivity contribution in [1.29, 1.82) is 0 Å². The normalized spacial score (nSPS) is 14.3. The van der Waals surface area contributed by atoms with Crippen LogP contribution in [0.15, 0.2) is 46.2 Å². The molecule has 1 fully saturated rings. The largest absolute Gasteiger partial charge is 0.490 e. The molecule has 0 radical (unpaired) electrons. The van der Waals surface area contributed by atoms with E-state index in [1.54, 1.807) is 18.2 Å². The molecular formula is C25H23NO7S. The van der Waals surface area contributed by atoms with Gasteiger partial charge in [0.1, 0.15) is 12.4 Å². The van der Waals surface area contributed by atoms with Crippen molar-refractivity contribution in [2.75, 3.05) is 20.3 Å². The van der Waals surface area contributed by atoms with Crippen LogP contribution in [-0.2, 0) is 22.5 Å². The van der Waals surface area contributed by atoms with Crippen molar-refractivity contribution in [3.63, 3.8) is 0 Å². The Morgan fingerprint density at radius 3 is 2.76 bits per heavy atom.